The Balaban J connectivity index is 1.22. The Kier molecular flexibility index (Phi) is 6.60. The van der Waals surface area contributed by atoms with E-state index in [2.05, 4.69) is 44.3 Å². The standard InChI is InChI=1S/C26H28N4O3S/c1-28-15-12-27-26(28)34-30-18-22(20-6-2-4-8-23(20)30)19-10-13-29(14-11-19)16-17-33-24-9-5-3-7-21(24)25(31)32/h2-9,12,15,18-19H,10-11,13-14,16-17H2,1H3,(H,31,32). The summed E-state index contributed by atoms with van der Waals surface area (Å²) in [5, 5.41) is 11.6. The molecule has 0 spiro atoms. The van der Waals surface area contributed by atoms with Gasteiger partial charge < -0.3 is 14.4 Å². The number of aryl methyl sites for hydroxylation is 1. The van der Waals surface area contributed by atoms with Gasteiger partial charge in [-0.3, -0.25) is 8.87 Å². The van der Waals surface area contributed by atoms with E-state index in [0.717, 1.165) is 37.6 Å². The Hall–Kier alpha value is -3.23. The zero-order valence-electron chi connectivity index (χ0n) is 19.1. The lowest BCUT2D eigenvalue weighted by Gasteiger charge is -2.31. The maximum atomic E-state index is 11.4. The first-order valence-corrected chi connectivity index (χ1v) is 12.3. The molecule has 1 N–H and O–H groups in total. The smallest absolute Gasteiger partial charge is 0.339 e. The van der Waals surface area contributed by atoms with Crippen LogP contribution in [0.4, 0.5) is 0 Å². The van der Waals surface area contributed by atoms with Crippen LogP contribution in [0.3, 0.4) is 0 Å². The molecule has 0 amide bonds. The van der Waals surface area contributed by atoms with E-state index in [9.17, 15) is 9.90 Å². The maximum Gasteiger partial charge on any atom is 0.339 e. The summed E-state index contributed by atoms with van der Waals surface area (Å²) >= 11 is 1.65. The summed E-state index contributed by atoms with van der Waals surface area (Å²) in [6, 6.07) is 15.4. The monoisotopic (exact) mass is 476 g/mol. The van der Waals surface area contributed by atoms with Crippen LogP contribution in [-0.4, -0.2) is 55.7 Å². The van der Waals surface area contributed by atoms with Crippen molar-refractivity contribution in [3.05, 3.63) is 78.2 Å². The SMILES string of the molecule is Cn1ccnc1Sn1cc(C2CCN(CCOc3ccccc3C(=O)O)CC2)c2ccccc21. The summed E-state index contributed by atoms with van der Waals surface area (Å²) in [4.78, 5) is 18.2. The minimum atomic E-state index is -0.961. The van der Waals surface area contributed by atoms with Gasteiger partial charge in [-0.1, -0.05) is 30.3 Å². The van der Waals surface area contributed by atoms with Gasteiger partial charge in [0.25, 0.3) is 0 Å². The number of hydrogen-bond donors (Lipinski definition) is 1. The molecule has 3 heterocycles. The van der Waals surface area contributed by atoms with Crippen LogP contribution in [0.15, 0.2) is 72.3 Å². The zero-order valence-corrected chi connectivity index (χ0v) is 19.9. The van der Waals surface area contributed by atoms with Gasteiger partial charge in [0, 0.05) is 49.5 Å². The molecule has 0 atom stereocenters. The number of carbonyl (C=O) groups is 1. The van der Waals surface area contributed by atoms with E-state index in [4.69, 9.17) is 4.74 Å². The second kappa shape index (κ2) is 9.95. The number of carboxylic acids is 1. The van der Waals surface area contributed by atoms with Crippen LogP contribution in [0, 0.1) is 0 Å². The average Bonchev–Trinajstić information content (AvgIpc) is 3.43. The predicted octanol–water partition coefficient (Wildman–Crippen LogP) is 4.89. The van der Waals surface area contributed by atoms with Crippen molar-refractivity contribution >= 4 is 28.8 Å². The quantitative estimate of drug-likeness (QED) is 0.391. The highest BCUT2D eigenvalue weighted by Gasteiger charge is 2.24. The highest BCUT2D eigenvalue weighted by molar-refractivity contribution is 7.97. The van der Waals surface area contributed by atoms with Gasteiger partial charge in [-0.2, -0.15) is 0 Å². The van der Waals surface area contributed by atoms with Gasteiger partial charge in [-0.25, -0.2) is 9.78 Å². The van der Waals surface area contributed by atoms with Gasteiger partial charge in [0.1, 0.15) is 17.9 Å². The van der Waals surface area contributed by atoms with Crippen LogP contribution in [0.1, 0.15) is 34.7 Å². The number of imidazole rings is 1. The molecule has 0 unspecified atom stereocenters. The molecule has 1 saturated heterocycles. The van der Waals surface area contributed by atoms with E-state index < -0.39 is 5.97 Å². The average molecular weight is 477 g/mol. The molecule has 0 bridgehead atoms. The number of fused-ring (bicyclic) bond motifs is 1. The van der Waals surface area contributed by atoms with E-state index >= 15 is 0 Å². The Morgan fingerprint density at radius 1 is 1.15 bits per heavy atom. The van der Waals surface area contributed by atoms with Gasteiger partial charge in [-0.05, 0) is 55.6 Å². The van der Waals surface area contributed by atoms with Crippen molar-refractivity contribution in [1.29, 1.82) is 0 Å². The van der Waals surface area contributed by atoms with E-state index in [1.54, 1.807) is 36.2 Å². The molecule has 1 fully saturated rings. The van der Waals surface area contributed by atoms with Gasteiger partial charge in [0.15, 0.2) is 5.16 Å². The summed E-state index contributed by atoms with van der Waals surface area (Å²) in [5.74, 6) is -0.0161. The zero-order chi connectivity index (χ0) is 23.5. The number of rotatable bonds is 8. The number of likely N-dealkylation sites (tertiary alicyclic amines) is 1. The first-order valence-electron chi connectivity index (χ1n) is 11.5. The van der Waals surface area contributed by atoms with E-state index in [-0.39, 0.29) is 5.56 Å². The largest absolute Gasteiger partial charge is 0.491 e. The predicted molar refractivity (Wildman–Crippen MR) is 134 cm³/mol. The lowest BCUT2D eigenvalue weighted by atomic mass is 9.89. The van der Waals surface area contributed by atoms with Crippen LogP contribution >= 0.6 is 11.9 Å². The molecule has 0 saturated carbocycles. The Morgan fingerprint density at radius 3 is 2.68 bits per heavy atom. The molecular formula is C26H28N4O3S. The molecule has 4 aromatic rings. The van der Waals surface area contributed by atoms with Crippen LogP contribution < -0.4 is 4.74 Å². The summed E-state index contributed by atoms with van der Waals surface area (Å²) in [6.45, 7) is 3.27. The molecule has 8 heteroatoms. The van der Waals surface area contributed by atoms with E-state index in [0.29, 0.717) is 18.3 Å². The van der Waals surface area contributed by atoms with Gasteiger partial charge in [-0.15, -0.1) is 0 Å². The number of piperidine rings is 1. The second-order valence-electron chi connectivity index (χ2n) is 8.61. The van der Waals surface area contributed by atoms with Crippen LogP contribution in [0.2, 0.25) is 0 Å². The highest BCUT2D eigenvalue weighted by atomic mass is 32.2. The Labute approximate surface area is 203 Å². The molecule has 34 heavy (non-hydrogen) atoms. The Morgan fingerprint density at radius 2 is 1.91 bits per heavy atom. The first kappa shape index (κ1) is 22.6. The summed E-state index contributed by atoms with van der Waals surface area (Å²) in [7, 11) is 2.02. The molecule has 1 aliphatic rings. The van der Waals surface area contributed by atoms with E-state index in [1.807, 2.05) is 24.0 Å². The molecule has 176 valence electrons. The van der Waals surface area contributed by atoms with Crippen LogP contribution in [-0.2, 0) is 7.05 Å². The van der Waals surface area contributed by atoms with Crippen molar-refractivity contribution in [2.75, 3.05) is 26.2 Å². The fraction of sp³-hybridized carbons (Fsp3) is 0.308. The van der Waals surface area contributed by atoms with Gasteiger partial charge in [0.2, 0.25) is 0 Å². The van der Waals surface area contributed by atoms with Gasteiger partial charge in [0.05, 0.1) is 5.52 Å². The fourth-order valence-corrected chi connectivity index (χ4v) is 5.52. The molecule has 0 aliphatic carbocycles. The number of carboxylic acid groups (broad SMARTS) is 1. The molecule has 7 nitrogen and oxygen atoms in total. The highest BCUT2D eigenvalue weighted by Crippen LogP contribution is 2.37. The van der Waals surface area contributed by atoms with Crippen molar-refractivity contribution in [3.8, 4) is 5.75 Å². The van der Waals surface area contributed by atoms with Crippen molar-refractivity contribution in [2.45, 2.75) is 23.9 Å². The van der Waals surface area contributed by atoms with E-state index in [1.165, 1.54) is 16.5 Å². The number of aromatic nitrogens is 3. The number of benzene rings is 2. The Bertz CT molecular complexity index is 1290. The number of para-hydroxylation sites is 2. The normalized spacial score (nSPS) is 15.1. The molecule has 2 aromatic heterocycles. The van der Waals surface area contributed by atoms with Crippen molar-refractivity contribution in [3.63, 3.8) is 0 Å². The molecule has 0 radical (unpaired) electrons. The van der Waals surface area contributed by atoms with Crippen molar-refractivity contribution < 1.29 is 14.6 Å². The minimum Gasteiger partial charge on any atom is -0.491 e. The van der Waals surface area contributed by atoms with Crippen molar-refractivity contribution in [2.24, 2.45) is 7.05 Å². The van der Waals surface area contributed by atoms with Crippen LogP contribution in [0.5, 0.6) is 5.75 Å². The molecule has 2 aromatic carbocycles. The number of nitrogens with zero attached hydrogens (tertiary/aromatic N) is 4. The second-order valence-corrected chi connectivity index (χ2v) is 9.55. The summed E-state index contributed by atoms with van der Waals surface area (Å²) in [5.41, 5.74) is 2.84. The minimum absolute atomic E-state index is 0.209. The summed E-state index contributed by atoms with van der Waals surface area (Å²) in [6.07, 6.45) is 8.26. The lowest BCUT2D eigenvalue weighted by molar-refractivity contribution is 0.0691. The van der Waals surface area contributed by atoms with Gasteiger partial charge >= 0.3 is 5.97 Å². The van der Waals surface area contributed by atoms with Crippen LogP contribution in [0.25, 0.3) is 10.9 Å². The molecule has 1 aliphatic heterocycles. The third-order valence-corrected chi connectivity index (χ3v) is 7.53. The lowest BCUT2D eigenvalue weighted by Crippen LogP contribution is -2.35. The molecule has 5 rings (SSSR count). The topological polar surface area (TPSA) is 72.5 Å². The maximum absolute atomic E-state index is 11.4. The fourth-order valence-electron chi connectivity index (χ4n) is 4.63. The third kappa shape index (κ3) is 4.69. The number of hydrogen-bond acceptors (Lipinski definition) is 5. The van der Waals surface area contributed by atoms with Crippen molar-refractivity contribution in [1.82, 2.24) is 18.4 Å². The third-order valence-electron chi connectivity index (χ3n) is 6.48. The molecular weight excluding hydrogens is 448 g/mol. The number of aromatic carboxylic acids is 1. The number of ether oxygens (including phenoxy) is 1. The summed E-state index contributed by atoms with van der Waals surface area (Å²) < 4.78 is 10.1. The first-order chi connectivity index (χ1) is 16.6.